The lowest BCUT2D eigenvalue weighted by Crippen LogP contribution is -2.50. The van der Waals surface area contributed by atoms with Crippen LogP contribution in [0.5, 0.6) is 0 Å². The maximum Gasteiger partial charge on any atom is 0.254 e. The number of rotatable bonds is 7. The second-order valence-corrected chi connectivity index (χ2v) is 6.31. The summed E-state index contributed by atoms with van der Waals surface area (Å²) in [5.41, 5.74) is 0.390. The molecule has 0 spiro atoms. The normalized spacial score (nSPS) is 11.9. The van der Waals surface area contributed by atoms with Crippen molar-refractivity contribution < 1.29 is 18.4 Å². The summed E-state index contributed by atoms with van der Waals surface area (Å²) in [5.74, 6) is -2.20. The van der Waals surface area contributed by atoms with Gasteiger partial charge in [0.15, 0.2) is 0 Å². The number of halogens is 2. The third kappa shape index (κ3) is 5.12. The predicted molar refractivity (Wildman–Crippen MR) is 95.6 cm³/mol. The molecule has 0 saturated heterocycles. The van der Waals surface area contributed by atoms with Gasteiger partial charge >= 0.3 is 0 Å². The van der Waals surface area contributed by atoms with E-state index in [0.29, 0.717) is 12.0 Å². The predicted octanol–water partition coefficient (Wildman–Crippen LogP) is 3.08. The first kappa shape index (κ1) is 19.6. The van der Waals surface area contributed by atoms with Crippen LogP contribution in [0.15, 0.2) is 48.5 Å². The molecule has 1 unspecified atom stereocenters. The van der Waals surface area contributed by atoms with Crippen LogP contribution in [0.3, 0.4) is 0 Å². The molecule has 2 aromatic rings. The Hall–Kier alpha value is -2.76. The smallest absolute Gasteiger partial charge is 0.254 e. The first-order valence-electron chi connectivity index (χ1n) is 8.46. The van der Waals surface area contributed by atoms with E-state index in [1.165, 1.54) is 24.3 Å². The van der Waals surface area contributed by atoms with Gasteiger partial charge < -0.3 is 10.6 Å². The molecule has 0 aliphatic heterocycles. The molecule has 0 radical (unpaired) electrons. The number of benzene rings is 2. The number of amides is 2. The second kappa shape index (κ2) is 9.08. The Morgan fingerprint density at radius 1 is 0.962 bits per heavy atom. The molecule has 0 aromatic heterocycles. The molecule has 0 saturated carbocycles. The third-order valence-electron chi connectivity index (χ3n) is 4.01. The molecule has 0 heterocycles. The van der Waals surface area contributed by atoms with Gasteiger partial charge in [0.2, 0.25) is 5.91 Å². The van der Waals surface area contributed by atoms with E-state index in [4.69, 9.17) is 0 Å². The Bertz CT molecular complexity index is 778. The average molecular weight is 360 g/mol. The minimum Gasteiger partial charge on any atom is -0.354 e. The van der Waals surface area contributed by atoms with E-state index < -0.39 is 17.8 Å². The molecule has 0 fully saturated rings. The highest BCUT2D eigenvalue weighted by Crippen LogP contribution is 2.10. The largest absolute Gasteiger partial charge is 0.354 e. The Morgan fingerprint density at radius 3 is 2.19 bits per heavy atom. The van der Waals surface area contributed by atoms with Gasteiger partial charge in [0.1, 0.15) is 17.7 Å². The summed E-state index contributed by atoms with van der Waals surface area (Å²) >= 11 is 0. The highest BCUT2D eigenvalue weighted by molar-refractivity contribution is 5.97. The van der Waals surface area contributed by atoms with Crippen LogP contribution < -0.4 is 10.6 Å². The maximum atomic E-state index is 13.7. The van der Waals surface area contributed by atoms with Crippen LogP contribution >= 0.6 is 0 Å². The molecule has 0 aliphatic rings. The second-order valence-electron chi connectivity index (χ2n) is 6.31. The van der Waals surface area contributed by atoms with Crippen LogP contribution in [0, 0.1) is 17.6 Å². The van der Waals surface area contributed by atoms with Crippen molar-refractivity contribution in [1.82, 2.24) is 10.6 Å². The third-order valence-corrected chi connectivity index (χ3v) is 4.01. The summed E-state index contributed by atoms with van der Waals surface area (Å²) in [6, 6.07) is 11.1. The van der Waals surface area contributed by atoms with Crippen LogP contribution in [0.25, 0.3) is 0 Å². The van der Waals surface area contributed by atoms with Crippen molar-refractivity contribution >= 4 is 11.8 Å². The van der Waals surface area contributed by atoms with Gasteiger partial charge in [-0.25, -0.2) is 8.78 Å². The number of hydrogen-bond donors (Lipinski definition) is 2. The molecule has 4 nitrogen and oxygen atoms in total. The average Bonchev–Trinajstić information content (AvgIpc) is 2.61. The molecule has 2 aromatic carbocycles. The Labute approximate surface area is 151 Å². The lowest BCUT2D eigenvalue weighted by Gasteiger charge is -2.22. The van der Waals surface area contributed by atoms with Crippen LogP contribution in [-0.4, -0.2) is 24.4 Å². The van der Waals surface area contributed by atoms with Gasteiger partial charge in [0.05, 0.1) is 5.56 Å². The zero-order valence-electron chi connectivity index (χ0n) is 14.8. The summed E-state index contributed by atoms with van der Waals surface area (Å²) in [7, 11) is 0. The fourth-order valence-corrected chi connectivity index (χ4v) is 2.53. The highest BCUT2D eigenvalue weighted by Gasteiger charge is 2.25. The maximum absolute atomic E-state index is 13.7. The van der Waals surface area contributed by atoms with Crippen LogP contribution in [0.4, 0.5) is 8.78 Å². The number of nitrogens with one attached hydrogen (secondary N) is 2. The van der Waals surface area contributed by atoms with Crippen LogP contribution in [0.1, 0.15) is 29.8 Å². The Kier molecular flexibility index (Phi) is 6.83. The van der Waals surface area contributed by atoms with Crippen LogP contribution in [-0.2, 0) is 11.2 Å². The Balaban J connectivity index is 1.96. The summed E-state index contributed by atoms with van der Waals surface area (Å²) in [4.78, 5) is 24.6. The fourth-order valence-electron chi connectivity index (χ4n) is 2.53. The van der Waals surface area contributed by atoms with Gasteiger partial charge in [-0.2, -0.15) is 0 Å². The molecule has 26 heavy (non-hydrogen) atoms. The number of carbonyl (C=O) groups excluding carboxylic acids is 2. The van der Waals surface area contributed by atoms with E-state index in [-0.39, 0.29) is 29.8 Å². The van der Waals surface area contributed by atoms with Gasteiger partial charge in [-0.05, 0) is 36.1 Å². The van der Waals surface area contributed by atoms with E-state index in [9.17, 15) is 18.4 Å². The first-order valence-corrected chi connectivity index (χ1v) is 8.46. The quantitative estimate of drug-likeness (QED) is 0.797. The summed E-state index contributed by atoms with van der Waals surface area (Å²) in [6.07, 6.45) is 0.338. The molecule has 2 N–H and O–H groups in total. The molecule has 138 valence electrons. The van der Waals surface area contributed by atoms with Gasteiger partial charge in [-0.1, -0.05) is 44.2 Å². The van der Waals surface area contributed by atoms with Gasteiger partial charge in [-0.15, -0.1) is 0 Å². The summed E-state index contributed by atoms with van der Waals surface area (Å²) in [5, 5.41) is 5.27. The van der Waals surface area contributed by atoms with Crippen molar-refractivity contribution in [3.05, 3.63) is 71.3 Å². The van der Waals surface area contributed by atoms with Crippen LogP contribution in [0.2, 0.25) is 0 Å². The van der Waals surface area contributed by atoms with Gasteiger partial charge in [-0.3, -0.25) is 9.59 Å². The SMILES string of the molecule is CC(C)C(NC(=O)c1ccccc1F)C(=O)NCCc1ccccc1F. The molecule has 0 aliphatic carbocycles. The first-order chi connectivity index (χ1) is 12.4. The molecule has 0 bridgehead atoms. The molecular formula is C20H22F2N2O2. The highest BCUT2D eigenvalue weighted by atomic mass is 19.1. The Morgan fingerprint density at radius 2 is 1.58 bits per heavy atom. The molecule has 2 rings (SSSR count). The van der Waals surface area contributed by atoms with Gasteiger partial charge in [0.25, 0.3) is 5.91 Å². The van der Waals surface area contributed by atoms with Crippen molar-refractivity contribution in [2.24, 2.45) is 5.92 Å². The van der Waals surface area contributed by atoms with E-state index in [1.807, 2.05) is 0 Å². The van der Waals surface area contributed by atoms with Crippen molar-refractivity contribution in [1.29, 1.82) is 0 Å². The standard InChI is InChI=1S/C20H22F2N2O2/c1-13(2)18(24-19(25)15-8-4-6-10-17(15)22)20(26)23-12-11-14-7-3-5-9-16(14)21/h3-10,13,18H,11-12H2,1-2H3,(H,23,26)(H,24,25). The molecule has 2 amide bonds. The van der Waals surface area contributed by atoms with Crippen molar-refractivity contribution in [3.63, 3.8) is 0 Å². The van der Waals surface area contributed by atoms with E-state index in [2.05, 4.69) is 10.6 Å². The topological polar surface area (TPSA) is 58.2 Å². The van der Waals surface area contributed by atoms with E-state index in [1.54, 1.807) is 38.1 Å². The molecular weight excluding hydrogens is 338 g/mol. The lowest BCUT2D eigenvalue weighted by molar-refractivity contribution is -0.123. The summed E-state index contributed by atoms with van der Waals surface area (Å²) < 4.78 is 27.3. The van der Waals surface area contributed by atoms with Crippen molar-refractivity contribution in [2.45, 2.75) is 26.3 Å². The van der Waals surface area contributed by atoms with Crippen molar-refractivity contribution in [2.75, 3.05) is 6.54 Å². The minimum absolute atomic E-state index is 0.114. The molecule has 6 heteroatoms. The zero-order valence-corrected chi connectivity index (χ0v) is 14.8. The van der Waals surface area contributed by atoms with E-state index in [0.717, 1.165) is 0 Å². The number of carbonyl (C=O) groups is 2. The van der Waals surface area contributed by atoms with E-state index >= 15 is 0 Å². The fraction of sp³-hybridized carbons (Fsp3) is 0.300. The minimum atomic E-state index is -0.817. The number of hydrogen-bond acceptors (Lipinski definition) is 2. The zero-order chi connectivity index (χ0) is 19.1. The lowest BCUT2D eigenvalue weighted by atomic mass is 10.0. The van der Waals surface area contributed by atoms with Crippen molar-refractivity contribution in [3.8, 4) is 0 Å². The monoisotopic (exact) mass is 360 g/mol. The summed E-state index contributed by atoms with van der Waals surface area (Å²) in [6.45, 7) is 3.80. The molecule has 1 atom stereocenters. The van der Waals surface area contributed by atoms with Gasteiger partial charge in [0, 0.05) is 6.54 Å².